The van der Waals surface area contributed by atoms with E-state index in [-0.39, 0.29) is 5.91 Å². The molecule has 0 saturated carbocycles. The van der Waals surface area contributed by atoms with Gasteiger partial charge in [0.1, 0.15) is 11.6 Å². The van der Waals surface area contributed by atoms with Crippen LogP contribution in [0.15, 0.2) is 60.7 Å². The van der Waals surface area contributed by atoms with E-state index in [0.29, 0.717) is 6.42 Å². The van der Waals surface area contributed by atoms with Crippen molar-refractivity contribution in [1.82, 2.24) is 5.32 Å². The van der Waals surface area contributed by atoms with Crippen molar-refractivity contribution in [2.45, 2.75) is 38.8 Å². The molecule has 0 unspecified atom stereocenters. The second-order valence-corrected chi connectivity index (χ2v) is 7.12. The smallest absolute Gasteiger partial charge is 0.408 e. The van der Waals surface area contributed by atoms with Crippen LogP contribution >= 0.6 is 0 Å². The molecule has 1 atom stereocenters. The SMILES string of the molecule is CN(C(=O)[C@@H](Cc1ccccc1)NC(=O)OC(C)(C)C)c1ccccc1. The fourth-order valence-corrected chi connectivity index (χ4v) is 2.51. The Morgan fingerprint density at radius 1 is 1.00 bits per heavy atom. The number of benzene rings is 2. The molecule has 5 heteroatoms. The van der Waals surface area contributed by atoms with Crippen LogP contribution in [-0.4, -0.2) is 30.7 Å². The van der Waals surface area contributed by atoms with Crippen LogP contribution in [0.1, 0.15) is 26.3 Å². The van der Waals surface area contributed by atoms with Gasteiger partial charge in [0.2, 0.25) is 5.91 Å². The molecule has 1 N–H and O–H groups in total. The van der Waals surface area contributed by atoms with Gasteiger partial charge in [0.05, 0.1) is 0 Å². The van der Waals surface area contributed by atoms with Gasteiger partial charge in [-0.05, 0) is 38.5 Å². The van der Waals surface area contributed by atoms with Crippen LogP contribution in [-0.2, 0) is 16.0 Å². The van der Waals surface area contributed by atoms with E-state index in [9.17, 15) is 9.59 Å². The van der Waals surface area contributed by atoms with Gasteiger partial charge in [0, 0.05) is 19.2 Å². The molecule has 138 valence electrons. The number of nitrogens with zero attached hydrogens (tertiary/aromatic N) is 1. The summed E-state index contributed by atoms with van der Waals surface area (Å²) in [7, 11) is 1.70. The van der Waals surface area contributed by atoms with E-state index in [2.05, 4.69) is 5.32 Å². The number of hydrogen-bond donors (Lipinski definition) is 1. The molecule has 2 aromatic carbocycles. The Labute approximate surface area is 155 Å². The summed E-state index contributed by atoms with van der Waals surface area (Å²) in [5.74, 6) is -0.203. The monoisotopic (exact) mass is 354 g/mol. The minimum atomic E-state index is -0.725. The summed E-state index contributed by atoms with van der Waals surface area (Å²) in [6.45, 7) is 5.37. The lowest BCUT2D eigenvalue weighted by molar-refractivity contribution is -0.120. The number of carbonyl (C=O) groups excluding carboxylic acids is 2. The Morgan fingerprint density at radius 3 is 2.08 bits per heavy atom. The lowest BCUT2D eigenvalue weighted by Gasteiger charge is -2.26. The van der Waals surface area contributed by atoms with Crippen LogP contribution < -0.4 is 10.2 Å². The standard InChI is InChI=1S/C21H26N2O3/c1-21(2,3)26-20(25)22-18(15-16-11-7-5-8-12-16)19(24)23(4)17-13-9-6-10-14-17/h5-14,18H,15H2,1-4H3,(H,22,25)/t18-/m1/s1. The van der Waals surface area contributed by atoms with E-state index in [1.54, 1.807) is 32.7 Å². The molecule has 0 bridgehead atoms. The molecule has 0 aliphatic carbocycles. The van der Waals surface area contributed by atoms with Crippen molar-refractivity contribution in [2.75, 3.05) is 11.9 Å². The average molecular weight is 354 g/mol. The molecular formula is C21H26N2O3. The van der Waals surface area contributed by atoms with E-state index in [4.69, 9.17) is 4.74 Å². The zero-order valence-corrected chi connectivity index (χ0v) is 15.7. The molecule has 0 radical (unpaired) electrons. The molecule has 0 heterocycles. The molecule has 0 aliphatic rings. The van der Waals surface area contributed by atoms with E-state index >= 15 is 0 Å². The summed E-state index contributed by atoms with van der Waals surface area (Å²) >= 11 is 0. The van der Waals surface area contributed by atoms with Gasteiger partial charge >= 0.3 is 6.09 Å². The van der Waals surface area contributed by atoms with Crippen molar-refractivity contribution < 1.29 is 14.3 Å². The topological polar surface area (TPSA) is 58.6 Å². The highest BCUT2D eigenvalue weighted by Gasteiger charge is 2.27. The first-order valence-corrected chi connectivity index (χ1v) is 8.62. The number of rotatable bonds is 5. The highest BCUT2D eigenvalue weighted by molar-refractivity contribution is 5.98. The van der Waals surface area contributed by atoms with Gasteiger partial charge < -0.3 is 15.0 Å². The highest BCUT2D eigenvalue weighted by atomic mass is 16.6. The second kappa shape index (κ2) is 8.52. The number of amides is 2. The predicted molar refractivity (Wildman–Crippen MR) is 103 cm³/mol. The van der Waals surface area contributed by atoms with E-state index in [1.165, 1.54) is 0 Å². The van der Waals surface area contributed by atoms with Gasteiger partial charge in [-0.3, -0.25) is 4.79 Å². The minimum absolute atomic E-state index is 0.203. The zero-order valence-electron chi connectivity index (χ0n) is 15.7. The van der Waals surface area contributed by atoms with E-state index in [0.717, 1.165) is 11.3 Å². The normalized spacial score (nSPS) is 12.2. The predicted octanol–water partition coefficient (Wildman–Crippen LogP) is 3.79. The first-order valence-electron chi connectivity index (χ1n) is 8.62. The number of alkyl carbamates (subject to hydrolysis) is 1. The molecule has 2 amide bonds. The Kier molecular flexibility index (Phi) is 6.39. The van der Waals surface area contributed by atoms with Gasteiger partial charge in [-0.2, -0.15) is 0 Å². The fraction of sp³-hybridized carbons (Fsp3) is 0.333. The van der Waals surface area contributed by atoms with Crippen LogP contribution in [0, 0.1) is 0 Å². The van der Waals surface area contributed by atoms with Crippen molar-refractivity contribution in [2.24, 2.45) is 0 Å². The largest absolute Gasteiger partial charge is 0.444 e. The maximum absolute atomic E-state index is 13.0. The van der Waals surface area contributed by atoms with Crippen molar-refractivity contribution in [1.29, 1.82) is 0 Å². The van der Waals surface area contributed by atoms with Crippen molar-refractivity contribution in [3.63, 3.8) is 0 Å². The number of para-hydroxylation sites is 1. The molecule has 0 spiro atoms. The molecule has 0 fully saturated rings. The summed E-state index contributed by atoms with van der Waals surface area (Å²) in [5, 5.41) is 2.72. The minimum Gasteiger partial charge on any atom is -0.444 e. The lowest BCUT2D eigenvalue weighted by atomic mass is 10.0. The van der Waals surface area contributed by atoms with E-state index < -0.39 is 17.7 Å². The second-order valence-electron chi connectivity index (χ2n) is 7.12. The van der Waals surface area contributed by atoms with Crippen molar-refractivity contribution >= 4 is 17.7 Å². The fourth-order valence-electron chi connectivity index (χ4n) is 2.51. The third kappa shape index (κ3) is 5.92. The van der Waals surface area contributed by atoms with Crippen molar-refractivity contribution in [3.05, 3.63) is 66.2 Å². The number of nitrogens with one attached hydrogen (secondary N) is 1. The molecule has 26 heavy (non-hydrogen) atoms. The Bertz CT molecular complexity index is 724. The number of ether oxygens (including phenoxy) is 1. The van der Waals surface area contributed by atoms with Crippen LogP contribution in [0.4, 0.5) is 10.5 Å². The van der Waals surface area contributed by atoms with Crippen LogP contribution in [0.2, 0.25) is 0 Å². The van der Waals surface area contributed by atoms with Crippen molar-refractivity contribution in [3.8, 4) is 0 Å². The summed E-state index contributed by atoms with van der Waals surface area (Å²) in [6.07, 6.45) is -0.218. The number of carbonyl (C=O) groups is 2. The van der Waals surface area contributed by atoms with Gasteiger partial charge in [0.25, 0.3) is 0 Å². The molecular weight excluding hydrogens is 328 g/mol. The Balaban J connectivity index is 2.18. The maximum Gasteiger partial charge on any atom is 0.408 e. The van der Waals surface area contributed by atoms with Gasteiger partial charge in [-0.25, -0.2) is 4.79 Å². The molecule has 5 nitrogen and oxygen atoms in total. The average Bonchev–Trinajstić information content (AvgIpc) is 2.60. The van der Waals surface area contributed by atoms with Crippen LogP contribution in [0.5, 0.6) is 0 Å². The number of anilines is 1. The Morgan fingerprint density at radius 2 is 1.54 bits per heavy atom. The molecule has 0 aromatic heterocycles. The van der Waals surface area contributed by atoms with Crippen LogP contribution in [0.3, 0.4) is 0 Å². The number of likely N-dealkylation sites (N-methyl/N-ethyl adjacent to an activating group) is 1. The lowest BCUT2D eigenvalue weighted by Crippen LogP contribution is -2.50. The summed E-state index contributed by atoms with van der Waals surface area (Å²) in [4.78, 5) is 26.8. The highest BCUT2D eigenvalue weighted by Crippen LogP contribution is 2.15. The van der Waals surface area contributed by atoms with Gasteiger partial charge in [-0.1, -0.05) is 48.5 Å². The third-order valence-electron chi connectivity index (χ3n) is 3.75. The first kappa shape index (κ1) is 19.5. The zero-order chi connectivity index (χ0) is 19.2. The summed E-state index contributed by atoms with van der Waals surface area (Å²) in [5.41, 5.74) is 1.10. The molecule has 0 saturated heterocycles. The van der Waals surface area contributed by atoms with E-state index in [1.807, 2.05) is 60.7 Å². The summed E-state index contributed by atoms with van der Waals surface area (Å²) in [6, 6.07) is 18.2. The summed E-state index contributed by atoms with van der Waals surface area (Å²) < 4.78 is 5.32. The molecule has 2 aromatic rings. The maximum atomic E-state index is 13.0. The van der Waals surface area contributed by atoms with Crippen LogP contribution in [0.25, 0.3) is 0 Å². The third-order valence-corrected chi connectivity index (χ3v) is 3.75. The van der Waals surface area contributed by atoms with Gasteiger partial charge in [0.15, 0.2) is 0 Å². The first-order chi connectivity index (χ1) is 12.3. The quantitative estimate of drug-likeness (QED) is 0.889. The van der Waals surface area contributed by atoms with Gasteiger partial charge in [-0.15, -0.1) is 0 Å². The Hall–Kier alpha value is -2.82. The molecule has 2 rings (SSSR count). The number of hydrogen-bond acceptors (Lipinski definition) is 3. The molecule has 0 aliphatic heterocycles.